The van der Waals surface area contributed by atoms with Gasteiger partial charge < -0.3 is 14.7 Å². The van der Waals surface area contributed by atoms with Crippen molar-refractivity contribution in [2.45, 2.75) is 6.04 Å². The predicted octanol–water partition coefficient (Wildman–Crippen LogP) is 4.56. The second-order valence-electron chi connectivity index (χ2n) is 8.27. The van der Waals surface area contributed by atoms with Crippen molar-refractivity contribution in [3.8, 4) is 5.75 Å². The van der Waals surface area contributed by atoms with E-state index in [9.17, 15) is 27.9 Å². The van der Waals surface area contributed by atoms with Gasteiger partial charge in [-0.3, -0.25) is 14.5 Å². The highest BCUT2D eigenvalue weighted by Crippen LogP contribution is 2.44. The van der Waals surface area contributed by atoms with Gasteiger partial charge in [0.05, 0.1) is 29.5 Å². The average molecular weight is 480 g/mol. The Morgan fingerprint density at radius 3 is 2.37 bits per heavy atom. The molecule has 9 heteroatoms. The van der Waals surface area contributed by atoms with E-state index in [1.54, 1.807) is 18.2 Å². The number of benzene rings is 3. The number of anilines is 2. The van der Waals surface area contributed by atoms with Gasteiger partial charge in [-0.1, -0.05) is 12.1 Å². The summed E-state index contributed by atoms with van der Waals surface area (Å²) < 4.78 is 47.5. The van der Waals surface area contributed by atoms with Crippen LogP contribution in [0.1, 0.15) is 17.2 Å². The van der Waals surface area contributed by atoms with Gasteiger partial charge in [-0.15, -0.1) is 0 Å². The van der Waals surface area contributed by atoms with Crippen molar-refractivity contribution in [3.63, 3.8) is 0 Å². The fraction of sp³-hybridized carbons (Fsp3) is 0.154. The lowest BCUT2D eigenvalue weighted by Gasteiger charge is -2.28. The zero-order chi connectivity index (χ0) is 24.9. The Kier molecular flexibility index (Phi) is 5.47. The monoisotopic (exact) mass is 480 g/mol. The number of ether oxygens (including phenoxy) is 1. The Balaban J connectivity index is 1.71. The molecular weight excluding hydrogens is 461 g/mol. The average Bonchev–Trinajstić information content (AvgIpc) is 3.09. The molecule has 0 aliphatic carbocycles. The highest BCUT2D eigenvalue weighted by molar-refractivity contribution is 6.51. The summed E-state index contributed by atoms with van der Waals surface area (Å²) in [4.78, 5) is 29.0. The van der Waals surface area contributed by atoms with Gasteiger partial charge in [0.25, 0.3) is 11.7 Å². The molecule has 0 spiro atoms. The van der Waals surface area contributed by atoms with Crippen molar-refractivity contribution in [1.82, 2.24) is 0 Å². The number of hydrogen-bond acceptors (Lipinski definition) is 5. The second-order valence-corrected chi connectivity index (χ2v) is 8.27. The molecule has 1 saturated heterocycles. The van der Waals surface area contributed by atoms with Gasteiger partial charge in [-0.25, -0.2) is 13.2 Å². The van der Waals surface area contributed by atoms with E-state index < -0.39 is 40.9 Å². The smallest absolute Gasteiger partial charge is 0.300 e. The first-order chi connectivity index (χ1) is 16.8. The molecule has 5 rings (SSSR count). The molecule has 35 heavy (non-hydrogen) atoms. The fourth-order valence-corrected chi connectivity index (χ4v) is 4.37. The molecule has 2 aliphatic heterocycles. The molecule has 0 saturated carbocycles. The summed E-state index contributed by atoms with van der Waals surface area (Å²) in [7, 11) is 1.85. The van der Waals surface area contributed by atoms with Gasteiger partial charge >= 0.3 is 0 Å². The first kappa shape index (κ1) is 22.5. The van der Waals surface area contributed by atoms with Crippen molar-refractivity contribution in [2.75, 3.05) is 30.0 Å². The molecule has 1 atom stereocenters. The van der Waals surface area contributed by atoms with Gasteiger partial charge in [0.15, 0.2) is 0 Å². The number of carbonyl (C=O) groups excluding carboxylic acids is 2. The van der Waals surface area contributed by atoms with E-state index in [4.69, 9.17) is 4.74 Å². The van der Waals surface area contributed by atoms with E-state index in [1.807, 2.05) is 11.9 Å². The molecule has 3 aromatic rings. The van der Waals surface area contributed by atoms with Crippen molar-refractivity contribution in [3.05, 3.63) is 94.8 Å². The minimum Gasteiger partial charge on any atom is -0.507 e. The summed E-state index contributed by atoms with van der Waals surface area (Å²) in [5, 5.41) is 11.3. The summed E-state index contributed by atoms with van der Waals surface area (Å²) in [5.74, 6) is -4.53. The topological polar surface area (TPSA) is 70.1 Å². The van der Waals surface area contributed by atoms with Gasteiger partial charge in [-0.2, -0.15) is 0 Å². The van der Waals surface area contributed by atoms with Gasteiger partial charge in [0, 0.05) is 18.7 Å². The zero-order valence-corrected chi connectivity index (χ0v) is 18.5. The Hall–Kier alpha value is -4.27. The summed E-state index contributed by atoms with van der Waals surface area (Å²) in [6.07, 6.45) is 0. The minimum absolute atomic E-state index is 0.241. The lowest BCUT2D eigenvalue weighted by atomic mass is 9.94. The van der Waals surface area contributed by atoms with Crippen LogP contribution in [0.25, 0.3) is 5.76 Å². The quantitative estimate of drug-likeness (QED) is 0.338. The Morgan fingerprint density at radius 2 is 1.66 bits per heavy atom. The highest BCUT2D eigenvalue weighted by Gasteiger charge is 2.47. The van der Waals surface area contributed by atoms with E-state index in [0.29, 0.717) is 30.7 Å². The number of nitrogens with zero attached hydrogens (tertiary/aromatic N) is 2. The van der Waals surface area contributed by atoms with Crippen LogP contribution in [-0.2, 0) is 9.59 Å². The van der Waals surface area contributed by atoms with Crippen LogP contribution in [0.5, 0.6) is 5.75 Å². The number of fused-ring (bicyclic) bond motifs is 1. The maximum absolute atomic E-state index is 14.7. The molecule has 1 N–H and O–H groups in total. The first-order valence-electron chi connectivity index (χ1n) is 10.8. The summed E-state index contributed by atoms with van der Waals surface area (Å²) in [5.41, 5.74) is 0.530. The van der Waals surface area contributed by atoms with E-state index in [-0.39, 0.29) is 22.4 Å². The number of likely N-dealkylation sites (N-methyl/N-ethyl adjacent to an activating group) is 1. The van der Waals surface area contributed by atoms with Crippen LogP contribution in [0.2, 0.25) is 0 Å². The van der Waals surface area contributed by atoms with Crippen molar-refractivity contribution >= 4 is 28.8 Å². The van der Waals surface area contributed by atoms with Crippen LogP contribution in [0, 0.1) is 17.5 Å². The molecule has 0 aromatic heterocycles. The Morgan fingerprint density at radius 1 is 0.943 bits per heavy atom. The number of rotatable bonds is 3. The molecule has 3 aromatic carbocycles. The van der Waals surface area contributed by atoms with E-state index in [1.165, 1.54) is 12.1 Å². The minimum atomic E-state index is -1.28. The summed E-state index contributed by atoms with van der Waals surface area (Å²) >= 11 is 0. The zero-order valence-electron chi connectivity index (χ0n) is 18.5. The highest BCUT2D eigenvalue weighted by atomic mass is 19.1. The first-order valence-corrected chi connectivity index (χ1v) is 10.8. The van der Waals surface area contributed by atoms with Crippen molar-refractivity contribution < 1.29 is 32.6 Å². The number of Topliss-reactive ketones (excluding diaryl/α,β-unsaturated/α-hetero) is 1. The summed E-state index contributed by atoms with van der Waals surface area (Å²) in [6.45, 7) is 1.11. The van der Waals surface area contributed by atoms with Gasteiger partial charge in [0.2, 0.25) is 0 Å². The molecule has 1 amide bonds. The van der Waals surface area contributed by atoms with E-state index in [0.717, 1.165) is 29.2 Å². The number of hydrogen-bond donors (Lipinski definition) is 1. The maximum Gasteiger partial charge on any atom is 0.300 e. The largest absolute Gasteiger partial charge is 0.507 e. The molecule has 0 bridgehead atoms. The SMILES string of the molecule is CN1CCOc2ccc(/C(O)=C3/C(=O)C(=O)N(c4ccc(F)cc4F)C3c3ccc(F)cc3)cc21. The standard InChI is InChI=1S/C26H19F3N2O4/c1-30-10-11-35-21-9-4-15(12-20(21)30)24(32)22-23(14-2-5-16(27)6-3-14)31(26(34)25(22)33)19-8-7-17(28)13-18(19)29/h2-9,12-13,23,32H,10-11H2,1H3/b24-22-. The number of carbonyl (C=O) groups is 2. The van der Waals surface area contributed by atoms with Crippen molar-refractivity contribution in [2.24, 2.45) is 0 Å². The lowest BCUT2D eigenvalue weighted by Crippen LogP contribution is -2.30. The third-order valence-corrected chi connectivity index (χ3v) is 6.13. The van der Waals surface area contributed by atoms with Gasteiger partial charge in [0.1, 0.15) is 35.6 Å². The summed E-state index contributed by atoms with van der Waals surface area (Å²) in [6, 6.07) is 11.0. The Bertz CT molecular complexity index is 1390. The Labute approximate surface area is 198 Å². The van der Waals surface area contributed by atoms with Crippen LogP contribution in [-0.4, -0.2) is 37.0 Å². The maximum atomic E-state index is 14.7. The molecule has 6 nitrogen and oxygen atoms in total. The van der Waals surface area contributed by atoms with E-state index in [2.05, 4.69) is 0 Å². The number of amides is 1. The van der Waals surface area contributed by atoms with Crippen molar-refractivity contribution in [1.29, 1.82) is 0 Å². The molecule has 2 aliphatic rings. The fourth-order valence-electron chi connectivity index (χ4n) is 4.37. The number of ketones is 1. The number of aliphatic hydroxyl groups excluding tert-OH is 1. The van der Waals surface area contributed by atoms with Crippen LogP contribution >= 0.6 is 0 Å². The third-order valence-electron chi connectivity index (χ3n) is 6.13. The molecule has 0 radical (unpaired) electrons. The molecule has 178 valence electrons. The number of halogens is 3. The van der Waals surface area contributed by atoms with Crippen LogP contribution in [0.15, 0.2) is 66.2 Å². The normalized spacial score (nSPS) is 19.0. The number of aliphatic hydroxyl groups is 1. The molecule has 2 heterocycles. The predicted molar refractivity (Wildman–Crippen MR) is 123 cm³/mol. The second kappa shape index (κ2) is 8.50. The van der Waals surface area contributed by atoms with Crippen LogP contribution < -0.4 is 14.5 Å². The van der Waals surface area contributed by atoms with E-state index >= 15 is 0 Å². The van der Waals surface area contributed by atoms with Crippen LogP contribution in [0.4, 0.5) is 24.5 Å². The molecular formula is C26H19F3N2O4. The molecule has 1 unspecified atom stereocenters. The lowest BCUT2D eigenvalue weighted by molar-refractivity contribution is -0.132. The van der Waals surface area contributed by atoms with Gasteiger partial charge in [-0.05, 0) is 48.0 Å². The van der Waals surface area contributed by atoms with Crippen LogP contribution in [0.3, 0.4) is 0 Å². The third kappa shape index (κ3) is 3.78. The molecule has 1 fully saturated rings.